The predicted octanol–water partition coefficient (Wildman–Crippen LogP) is 2.83. The number of carbonyl (C=O) groups excluding carboxylic acids is 3. The van der Waals surface area contributed by atoms with Crippen molar-refractivity contribution in [2.75, 3.05) is 31.5 Å². The zero-order chi connectivity index (χ0) is 39.1. The first-order valence-electron chi connectivity index (χ1n) is 17.5. The molecule has 3 amide bonds. The molecule has 3 aromatic heterocycles. The monoisotopic (exact) mass is 764 g/mol. The van der Waals surface area contributed by atoms with Crippen molar-refractivity contribution in [3.05, 3.63) is 102 Å². The quantitative estimate of drug-likeness (QED) is 0.0716. The summed E-state index contributed by atoms with van der Waals surface area (Å²) >= 11 is 0. The number of nitrogens with one attached hydrogen (secondary N) is 4. The van der Waals surface area contributed by atoms with Gasteiger partial charge in [-0.1, -0.05) is 60.7 Å². The van der Waals surface area contributed by atoms with Crippen LogP contribution >= 0.6 is 0 Å². The molecule has 0 spiro atoms. The Labute approximate surface area is 312 Å². The molecule has 3 heterocycles. The van der Waals surface area contributed by atoms with Gasteiger partial charge in [-0.3, -0.25) is 9.48 Å². The highest BCUT2D eigenvalue weighted by atomic mass is 19.4. The van der Waals surface area contributed by atoms with E-state index in [1.807, 2.05) is 60.7 Å². The van der Waals surface area contributed by atoms with Gasteiger partial charge in [-0.2, -0.15) is 18.3 Å². The Morgan fingerprint density at radius 3 is 2.24 bits per heavy atom. The molecular formula is C36H39F3N10O6. The van der Waals surface area contributed by atoms with E-state index in [1.165, 1.54) is 28.0 Å². The Morgan fingerprint density at radius 1 is 0.927 bits per heavy atom. The molecule has 55 heavy (non-hydrogen) atoms. The maximum Gasteiger partial charge on any atom is 0.490 e. The zero-order valence-electron chi connectivity index (χ0n) is 29.5. The number of halogens is 3. The van der Waals surface area contributed by atoms with Gasteiger partial charge in [0.15, 0.2) is 11.5 Å². The lowest BCUT2D eigenvalue weighted by molar-refractivity contribution is -0.201. The van der Waals surface area contributed by atoms with E-state index in [4.69, 9.17) is 0 Å². The summed E-state index contributed by atoms with van der Waals surface area (Å²) in [4.78, 5) is 50.0. The molecule has 5 aromatic rings. The number of amides is 3. The molecule has 2 aromatic carbocycles. The number of hydrogen-bond acceptors (Lipinski definition) is 11. The molecule has 1 aliphatic carbocycles. The lowest BCUT2D eigenvalue weighted by atomic mass is 9.91. The Bertz CT molecular complexity index is 2060. The molecule has 19 heteroatoms. The van der Waals surface area contributed by atoms with Crippen LogP contribution in [0.25, 0.3) is 11.2 Å². The van der Waals surface area contributed by atoms with Crippen molar-refractivity contribution in [2.24, 2.45) is 0 Å². The van der Waals surface area contributed by atoms with Gasteiger partial charge in [0, 0.05) is 43.9 Å². The van der Waals surface area contributed by atoms with Gasteiger partial charge in [-0.25, -0.2) is 24.5 Å². The van der Waals surface area contributed by atoms with Crippen LogP contribution in [-0.2, 0) is 16.1 Å². The number of anilines is 1. The lowest BCUT2D eigenvalue weighted by Crippen LogP contribution is -2.40. The molecule has 1 aliphatic rings. The average Bonchev–Trinajstić information content (AvgIpc) is 3.90. The highest BCUT2D eigenvalue weighted by Crippen LogP contribution is 2.40. The maximum absolute atomic E-state index is 13.4. The number of alkyl halides is 3. The van der Waals surface area contributed by atoms with Gasteiger partial charge in [0.05, 0.1) is 24.6 Å². The van der Waals surface area contributed by atoms with Crippen LogP contribution < -0.4 is 21.3 Å². The Morgan fingerprint density at radius 2 is 1.58 bits per heavy atom. The average molecular weight is 765 g/mol. The molecule has 290 valence electrons. The van der Waals surface area contributed by atoms with E-state index < -0.39 is 49.0 Å². The molecule has 1 saturated carbocycles. The van der Waals surface area contributed by atoms with Crippen LogP contribution in [-0.4, -0.2) is 102 Å². The summed E-state index contributed by atoms with van der Waals surface area (Å²) in [5, 5.41) is 37.8. The summed E-state index contributed by atoms with van der Waals surface area (Å²) in [6.07, 6.45) is -3.92. The van der Waals surface area contributed by atoms with E-state index in [0.717, 1.165) is 11.1 Å². The van der Waals surface area contributed by atoms with Gasteiger partial charge >= 0.3 is 18.2 Å². The number of fused-ring (bicyclic) bond motifs is 1. The van der Waals surface area contributed by atoms with E-state index in [2.05, 4.69) is 46.1 Å². The number of urea groups is 1. The van der Waals surface area contributed by atoms with E-state index in [1.54, 1.807) is 6.92 Å². The third-order valence-corrected chi connectivity index (χ3v) is 9.11. The van der Waals surface area contributed by atoms with Crippen LogP contribution in [0.4, 0.5) is 23.8 Å². The van der Waals surface area contributed by atoms with Crippen molar-refractivity contribution in [2.45, 2.75) is 56.3 Å². The van der Waals surface area contributed by atoms with Gasteiger partial charge in [-0.15, -0.1) is 0 Å². The van der Waals surface area contributed by atoms with E-state index in [0.29, 0.717) is 13.1 Å². The van der Waals surface area contributed by atoms with Crippen LogP contribution in [0.2, 0.25) is 0 Å². The second-order valence-electron chi connectivity index (χ2n) is 12.8. The largest absolute Gasteiger partial charge is 0.490 e. The summed E-state index contributed by atoms with van der Waals surface area (Å²) in [5.74, 6) is -3.10. The second-order valence-corrected chi connectivity index (χ2v) is 12.8. The number of aromatic nitrogens is 6. The van der Waals surface area contributed by atoms with Gasteiger partial charge in [0.1, 0.15) is 24.3 Å². The zero-order valence-corrected chi connectivity index (χ0v) is 29.5. The minimum atomic E-state index is -5.16. The topological polar surface area (TPSA) is 210 Å². The summed E-state index contributed by atoms with van der Waals surface area (Å²) in [6, 6.07) is 17.6. The fourth-order valence-electron chi connectivity index (χ4n) is 6.42. The van der Waals surface area contributed by atoms with Crippen LogP contribution in [0, 0.1) is 0 Å². The van der Waals surface area contributed by atoms with Crippen molar-refractivity contribution >= 4 is 34.9 Å². The SMILES string of the molecule is CCNC(=O)NCCNC(=O)c1nc(NCC(c2ccccc2)c2ccccc2)c2ncn([C@@H]3C[C@H](n4cc(COC(=O)C(F)(F)F)cn4)[C@@H](O)[C@H]3O)c2n1. The number of aliphatic hydroxyl groups excluding tert-OH is 2. The summed E-state index contributed by atoms with van der Waals surface area (Å²) in [6.45, 7) is 2.05. The van der Waals surface area contributed by atoms with Crippen molar-refractivity contribution in [1.29, 1.82) is 0 Å². The van der Waals surface area contributed by atoms with Crippen molar-refractivity contribution in [1.82, 2.24) is 45.2 Å². The molecule has 0 radical (unpaired) electrons. The van der Waals surface area contributed by atoms with Crippen molar-refractivity contribution in [3.8, 4) is 0 Å². The Hall–Kier alpha value is -6.08. The van der Waals surface area contributed by atoms with E-state index in [-0.39, 0.29) is 59.8 Å². The molecule has 6 rings (SSSR count). The van der Waals surface area contributed by atoms with Crippen LogP contribution in [0.5, 0.6) is 0 Å². The third-order valence-electron chi connectivity index (χ3n) is 9.11. The molecule has 1 fully saturated rings. The number of ether oxygens (including phenoxy) is 1. The summed E-state index contributed by atoms with van der Waals surface area (Å²) in [7, 11) is 0. The summed E-state index contributed by atoms with van der Waals surface area (Å²) in [5.41, 5.74) is 2.66. The number of imidazole rings is 1. The number of carbonyl (C=O) groups is 3. The number of aliphatic hydroxyl groups is 2. The standard InChI is InChI=1S/C36H39F3N10O6/c1-2-40-35(54)42-14-13-41-33(52)31-46-30(43-17-24(22-9-5-3-6-10-22)23-11-7-4-8-12-23)27-32(47-31)48(20-44-27)25-15-26(29(51)28(25)50)49-18-21(16-45-49)19-55-34(53)36(37,38)39/h3-12,16,18,20,24-26,28-29,50-51H,2,13-15,17,19H2,1H3,(H,41,52)(H2,40,42,54)(H,43,46,47)/t25-,26+,28+,29-/m1/s1. The number of hydrogen-bond donors (Lipinski definition) is 6. The van der Waals surface area contributed by atoms with Crippen molar-refractivity contribution in [3.63, 3.8) is 0 Å². The highest BCUT2D eigenvalue weighted by Gasteiger charge is 2.45. The van der Waals surface area contributed by atoms with Crippen LogP contribution in [0.1, 0.15) is 58.7 Å². The highest BCUT2D eigenvalue weighted by molar-refractivity contribution is 5.94. The summed E-state index contributed by atoms with van der Waals surface area (Å²) < 4.78 is 44.9. The molecule has 16 nitrogen and oxygen atoms in total. The molecule has 4 atom stereocenters. The number of nitrogens with zero attached hydrogens (tertiary/aromatic N) is 6. The van der Waals surface area contributed by atoms with Crippen LogP contribution in [0.3, 0.4) is 0 Å². The molecule has 6 N–H and O–H groups in total. The fraction of sp³-hybridized carbons (Fsp3) is 0.361. The maximum atomic E-state index is 13.4. The minimum Gasteiger partial charge on any atom is -0.454 e. The minimum absolute atomic E-state index is 0.0694. The fourth-order valence-corrected chi connectivity index (χ4v) is 6.42. The van der Waals surface area contributed by atoms with E-state index >= 15 is 0 Å². The number of esters is 1. The Kier molecular flexibility index (Phi) is 11.9. The van der Waals surface area contributed by atoms with Gasteiger partial charge in [-0.05, 0) is 24.5 Å². The van der Waals surface area contributed by atoms with Gasteiger partial charge in [0.2, 0.25) is 5.82 Å². The molecule has 0 bridgehead atoms. The smallest absolute Gasteiger partial charge is 0.454 e. The first kappa shape index (κ1) is 38.6. The lowest BCUT2D eigenvalue weighted by Gasteiger charge is -2.20. The predicted molar refractivity (Wildman–Crippen MR) is 191 cm³/mol. The number of benzene rings is 2. The normalized spacial score (nSPS) is 18.3. The van der Waals surface area contributed by atoms with Crippen LogP contribution in [0.15, 0.2) is 79.4 Å². The number of rotatable bonds is 14. The Balaban J connectivity index is 1.28. The molecular weight excluding hydrogens is 725 g/mol. The molecule has 0 saturated heterocycles. The molecule has 0 unspecified atom stereocenters. The van der Waals surface area contributed by atoms with Gasteiger partial charge < -0.3 is 40.8 Å². The first-order chi connectivity index (χ1) is 26.4. The third kappa shape index (κ3) is 9.01. The van der Waals surface area contributed by atoms with Gasteiger partial charge in [0.25, 0.3) is 5.91 Å². The first-order valence-corrected chi connectivity index (χ1v) is 17.5. The second kappa shape index (κ2) is 16.9. The van der Waals surface area contributed by atoms with Crippen molar-refractivity contribution < 1.29 is 42.5 Å². The van der Waals surface area contributed by atoms with E-state index in [9.17, 15) is 37.8 Å². The molecule has 0 aliphatic heterocycles.